The summed E-state index contributed by atoms with van der Waals surface area (Å²) in [5, 5.41) is 3.65. The lowest BCUT2D eigenvalue weighted by atomic mass is 10.3. The van der Waals surface area contributed by atoms with Gasteiger partial charge >= 0.3 is 0 Å². The van der Waals surface area contributed by atoms with Crippen LogP contribution < -0.4 is 9.62 Å². The molecule has 0 atom stereocenters. The van der Waals surface area contributed by atoms with E-state index in [1.165, 1.54) is 34.3 Å². The number of halogens is 1. The van der Waals surface area contributed by atoms with Crippen LogP contribution in [0.25, 0.3) is 0 Å². The number of thioether (sulfide) groups is 1. The first kappa shape index (κ1) is 22.2. The Labute approximate surface area is 185 Å². The molecule has 0 unspecified atom stereocenters. The van der Waals surface area contributed by atoms with E-state index in [0.717, 1.165) is 0 Å². The number of nitrogens with one attached hydrogen (secondary N) is 1. The van der Waals surface area contributed by atoms with Crippen LogP contribution in [0.4, 0.5) is 11.4 Å². The second kappa shape index (κ2) is 9.55. The molecule has 0 bridgehead atoms. The van der Waals surface area contributed by atoms with Crippen LogP contribution in [0.3, 0.4) is 0 Å². The van der Waals surface area contributed by atoms with Gasteiger partial charge in [0.05, 0.1) is 27.0 Å². The van der Waals surface area contributed by atoms with Crippen LogP contribution in [0.15, 0.2) is 71.0 Å². The zero-order valence-electron chi connectivity index (χ0n) is 16.4. The Bertz CT molecular complexity index is 1130. The number of hydrogen-bond acceptors (Lipinski definition) is 5. The number of sulfonamides is 1. The first-order chi connectivity index (χ1) is 14.3. The monoisotopic (exact) mass is 464 g/mol. The van der Waals surface area contributed by atoms with Gasteiger partial charge in [-0.1, -0.05) is 41.6 Å². The lowest BCUT2D eigenvalue weighted by Gasteiger charge is -2.23. The maximum Gasteiger partial charge on any atom is 0.264 e. The van der Waals surface area contributed by atoms with E-state index in [0.29, 0.717) is 10.8 Å². The molecule has 3 aromatic rings. The Morgan fingerprint density at radius 1 is 1.23 bits per heavy atom. The first-order valence-electron chi connectivity index (χ1n) is 9.10. The average molecular weight is 465 g/mol. The van der Waals surface area contributed by atoms with E-state index < -0.39 is 10.0 Å². The van der Waals surface area contributed by atoms with E-state index in [4.69, 9.17) is 11.6 Å². The molecule has 1 amide bonds. The molecule has 10 heteroatoms. The van der Waals surface area contributed by atoms with Crippen molar-refractivity contribution < 1.29 is 13.2 Å². The second-order valence-corrected chi connectivity index (χ2v) is 9.52. The molecule has 0 aliphatic carbocycles. The number of anilines is 2. The van der Waals surface area contributed by atoms with Crippen molar-refractivity contribution in [2.75, 3.05) is 21.9 Å². The summed E-state index contributed by atoms with van der Waals surface area (Å²) in [4.78, 5) is 16.6. The quantitative estimate of drug-likeness (QED) is 0.509. The maximum absolute atomic E-state index is 13.2. The normalized spacial score (nSPS) is 11.3. The molecule has 30 heavy (non-hydrogen) atoms. The number of para-hydroxylation sites is 1. The molecular formula is C20H21ClN4O3S2. The van der Waals surface area contributed by atoms with Gasteiger partial charge in [-0.3, -0.25) is 9.10 Å². The summed E-state index contributed by atoms with van der Waals surface area (Å²) in [6.45, 7) is 2.02. The van der Waals surface area contributed by atoms with Crippen molar-refractivity contribution in [2.24, 2.45) is 7.05 Å². The molecule has 0 spiro atoms. The molecule has 1 N–H and O–H groups in total. The van der Waals surface area contributed by atoms with Gasteiger partial charge in [-0.2, -0.15) is 0 Å². The number of rotatable bonds is 8. The Morgan fingerprint density at radius 3 is 2.60 bits per heavy atom. The molecule has 1 heterocycles. The van der Waals surface area contributed by atoms with E-state index >= 15 is 0 Å². The predicted molar refractivity (Wildman–Crippen MR) is 121 cm³/mol. The van der Waals surface area contributed by atoms with Crippen molar-refractivity contribution in [3.05, 3.63) is 65.9 Å². The Balaban J connectivity index is 1.80. The highest BCUT2D eigenvalue weighted by atomic mass is 35.5. The van der Waals surface area contributed by atoms with Gasteiger partial charge in [-0.05, 0) is 37.3 Å². The summed E-state index contributed by atoms with van der Waals surface area (Å²) in [6, 6.07) is 13.1. The number of carbonyl (C=O) groups is 1. The van der Waals surface area contributed by atoms with Gasteiger partial charge in [-0.25, -0.2) is 13.4 Å². The van der Waals surface area contributed by atoms with Crippen LogP contribution in [0.1, 0.15) is 6.92 Å². The van der Waals surface area contributed by atoms with Crippen LogP contribution in [0, 0.1) is 0 Å². The van der Waals surface area contributed by atoms with Gasteiger partial charge in [0.1, 0.15) is 0 Å². The van der Waals surface area contributed by atoms with Crippen LogP contribution in [0.5, 0.6) is 0 Å². The molecule has 0 saturated heterocycles. The number of hydrogen-bond donors (Lipinski definition) is 1. The number of carbonyl (C=O) groups excluding carboxylic acids is 1. The molecule has 3 rings (SSSR count). The molecule has 0 saturated carbocycles. The summed E-state index contributed by atoms with van der Waals surface area (Å²) in [6.07, 6.45) is 3.44. The molecule has 2 aromatic carbocycles. The van der Waals surface area contributed by atoms with Crippen LogP contribution in [0.2, 0.25) is 5.02 Å². The van der Waals surface area contributed by atoms with Gasteiger partial charge in [0, 0.05) is 26.0 Å². The summed E-state index contributed by atoms with van der Waals surface area (Å²) >= 11 is 7.47. The van der Waals surface area contributed by atoms with E-state index in [1.54, 1.807) is 48.1 Å². The zero-order valence-corrected chi connectivity index (χ0v) is 18.8. The highest BCUT2D eigenvalue weighted by Gasteiger charge is 2.24. The van der Waals surface area contributed by atoms with Crippen molar-refractivity contribution in [3.8, 4) is 0 Å². The smallest absolute Gasteiger partial charge is 0.264 e. The third kappa shape index (κ3) is 4.97. The van der Waals surface area contributed by atoms with Gasteiger partial charge < -0.3 is 9.88 Å². The maximum atomic E-state index is 13.2. The van der Waals surface area contributed by atoms with E-state index in [1.807, 2.05) is 13.1 Å². The molecular weight excluding hydrogens is 444 g/mol. The van der Waals surface area contributed by atoms with Gasteiger partial charge in [0.2, 0.25) is 5.91 Å². The lowest BCUT2D eigenvalue weighted by molar-refractivity contribution is -0.113. The molecule has 0 aliphatic rings. The minimum Gasteiger partial charge on any atom is -0.329 e. The largest absolute Gasteiger partial charge is 0.329 e. The number of aromatic nitrogens is 2. The number of benzene rings is 2. The number of nitrogens with zero attached hydrogens (tertiary/aromatic N) is 3. The second-order valence-electron chi connectivity index (χ2n) is 6.30. The topological polar surface area (TPSA) is 84.3 Å². The highest BCUT2D eigenvalue weighted by Crippen LogP contribution is 2.29. The average Bonchev–Trinajstić information content (AvgIpc) is 3.14. The molecule has 7 nitrogen and oxygen atoms in total. The summed E-state index contributed by atoms with van der Waals surface area (Å²) in [5.41, 5.74) is 0.805. The fraction of sp³-hybridized carbons (Fsp3) is 0.200. The first-order valence-corrected chi connectivity index (χ1v) is 11.9. The molecule has 158 valence electrons. The van der Waals surface area contributed by atoms with Crippen LogP contribution in [-0.4, -0.2) is 36.2 Å². The highest BCUT2D eigenvalue weighted by molar-refractivity contribution is 7.99. The fourth-order valence-corrected chi connectivity index (χ4v) is 5.18. The van der Waals surface area contributed by atoms with Crippen molar-refractivity contribution >= 4 is 50.7 Å². The number of imidazole rings is 1. The minimum atomic E-state index is -3.83. The number of amides is 1. The van der Waals surface area contributed by atoms with Crippen LogP contribution >= 0.6 is 23.4 Å². The third-order valence-corrected chi connectivity index (χ3v) is 7.53. The van der Waals surface area contributed by atoms with Crippen LogP contribution in [-0.2, 0) is 21.9 Å². The molecule has 0 fully saturated rings. The van der Waals surface area contributed by atoms with Gasteiger partial charge in [0.25, 0.3) is 10.0 Å². The Kier molecular flexibility index (Phi) is 7.06. The van der Waals surface area contributed by atoms with E-state index in [9.17, 15) is 13.2 Å². The van der Waals surface area contributed by atoms with Crippen molar-refractivity contribution in [3.63, 3.8) is 0 Å². The summed E-state index contributed by atoms with van der Waals surface area (Å²) < 4.78 is 29.5. The summed E-state index contributed by atoms with van der Waals surface area (Å²) in [5.74, 6) is -0.196. The Morgan fingerprint density at radius 2 is 1.97 bits per heavy atom. The lowest BCUT2D eigenvalue weighted by Crippen LogP contribution is -2.30. The van der Waals surface area contributed by atoms with Gasteiger partial charge in [-0.15, -0.1) is 0 Å². The fourth-order valence-electron chi connectivity index (χ4n) is 2.78. The molecule has 0 radical (unpaired) electrons. The third-order valence-electron chi connectivity index (χ3n) is 4.24. The zero-order chi connectivity index (χ0) is 21.7. The SMILES string of the molecule is CCN(c1ccccc1)S(=O)(=O)c1ccc(Cl)c(NC(=O)CSc2nccn2C)c1. The van der Waals surface area contributed by atoms with Crippen molar-refractivity contribution in [1.82, 2.24) is 9.55 Å². The van der Waals surface area contributed by atoms with Crippen molar-refractivity contribution in [2.45, 2.75) is 17.0 Å². The molecule has 0 aliphatic heterocycles. The Hall–Kier alpha value is -2.49. The van der Waals surface area contributed by atoms with Gasteiger partial charge in [0.15, 0.2) is 5.16 Å². The van der Waals surface area contributed by atoms with E-state index in [-0.39, 0.29) is 33.8 Å². The standard InChI is InChI=1S/C20H21ClN4O3S2/c1-3-25(15-7-5-4-6-8-15)30(27,28)16-9-10-17(21)18(13-16)23-19(26)14-29-20-22-11-12-24(20)2/h4-13H,3,14H2,1-2H3,(H,23,26). The van der Waals surface area contributed by atoms with E-state index in [2.05, 4.69) is 10.3 Å². The summed E-state index contributed by atoms with van der Waals surface area (Å²) in [7, 11) is -1.99. The van der Waals surface area contributed by atoms with Crippen molar-refractivity contribution in [1.29, 1.82) is 0 Å². The molecule has 1 aromatic heterocycles. The number of aryl methyl sites for hydroxylation is 1. The minimum absolute atomic E-state index is 0.0460. The predicted octanol–water partition coefficient (Wildman–Crippen LogP) is 4.02.